The highest BCUT2D eigenvalue weighted by Crippen LogP contribution is 2.09. The molecule has 1 aromatic heterocycles. The van der Waals surface area contributed by atoms with Gasteiger partial charge in [0.2, 0.25) is 5.91 Å². The summed E-state index contributed by atoms with van der Waals surface area (Å²) in [6.07, 6.45) is 2.37. The van der Waals surface area contributed by atoms with Gasteiger partial charge in [-0.1, -0.05) is 49.4 Å². The van der Waals surface area contributed by atoms with Crippen LogP contribution in [0.1, 0.15) is 18.1 Å². The summed E-state index contributed by atoms with van der Waals surface area (Å²) in [4.78, 5) is 37.0. The molecule has 0 fully saturated rings. The van der Waals surface area contributed by atoms with Gasteiger partial charge in [0.1, 0.15) is 6.54 Å². The van der Waals surface area contributed by atoms with E-state index in [0.717, 1.165) is 22.1 Å². The van der Waals surface area contributed by atoms with Crippen molar-refractivity contribution in [2.45, 2.75) is 26.4 Å². The van der Waals surface area contributed by atoms with Gasteiger partial charge in [-0.2, -0.15) is 0 Å². The summed E-state index contributed by atoms with van der Waals surface area (Å²) in [6.45, 7) is 2.05. The second kappa shape index (κ2) is 8.31. The first-order valence-corrected chi connectivity index (χ1v) is 8.80. The van der Waals surface area contributed by atoms with Gasteiger partial charge >= 0.3 is 5.69 Å². The minimum Gasteiger partial charge on any atom is -0.325 e. The first kappa shape index (κ1) is 18.4. The third kappa shape index (κ3) is 4.61. The Morgan fingerprint density at radius 3 is 2.30 bits per heavy atom. The van der Waals surface area contributed by atoms with E-state index in [-0.39, 0.29) is 6.54 Å². The predicted molar refractivity (Wildman–Crippen MR) is 105 cm³/mol. The molecule has 0 aliphatic rings. The molecule has 0 atom stereocenters. The van der Waals surface area contributed by atoms with Crippen LogP contribution in [0.4, 0.5) is 5.69 Å². The Kier molecular flexibility index (Phi) is 5.66. The maximum atomic E-state index is 12.6. The Bertz CT molecular complexity index is 1030. The van der Waals surface area contributed by atoms with E-state index in [1.54, 1.807) is 12.1 Å². The predicted octanol–water partition coefficient (Wildman–Crippen LogP) is 2.26. The number of hydrogen-bond donors (Lipinski definition) is 1. The van der Waals surface area contributed by atoms with Gasteiger partial charge in [-0.15, -0.1) is 0 Å². The van der Waals surface area contributed by atoms with Crippen molar-refractivity contribution in [1.82, 2.24) is 9.13 Å². The van der Waals surface area contributed by atoms with Gasteiger partial charge in [-0.05, 0) is 29.7 Å². The van der Waals surface area contributed by atoms with Gasteiger partial charge < -0.3 is 5.32 Å². The second-order valence-electron chi connectivity index (χ2n) is 6.23. The molecule has 6 heteroatoms. The normalized spacial score (nSPS) is 10.6. The molecular weight excluding hydrogens is 342 g/mol. The smallest absolute Gasteiger partial charge is 0.325 e. The van der Waals surface area contributed by atoms with Crippen LogP contribution in [0.25, 0.3) is 0 Å². The van der Waals surface area contributed by atoms with Crippen molar-refractivity contribution < 1.29 is 4.79 Å². The van der Waals surface area contributed by atoms with Gasteiger partial charge in [-0.3, -0.25) is 18.7 Å². The molecule has 0 saturated heterocycles. The Hall–Kier alpha value is -3.41. The third-order valence-electron chi connectivity index (χ3n) is 4.28. The van der Waals surface area contributed by atoms with Crippen LogP contribution in [0.3, 0.4) is 0 Å². The molecule has 138 valence electrons. The Morgan fingerprint density at radius 2 is 1.63 bits per heavy atom. The number of rotatable bonds is 6. The number of hydrogen-bond acceptors (Lipinski definition) is 3. The summed E-state index contributed by atoms with van der Waals surface area (Å²) < 4.78 is 2.36. The van der Waals surface area contributed by atoms with Crippen LogP contribution in [-0.4, -0.2) is 15.0 Å². The van der Waals surface area contributed by atoms with E-state index in [0.29, 0.717) is 12.2 Å². The van der Waals surface area contributed by atoms with Crippen LogP contribution < -0.4 is 16.6 Å². The van der Waals surface area contributed by atoms with Gasteiger partial charge in [0, 0.05) is 18.0 Å². The lowest BCUT2D eigenvalue weighted by atomic mass is 10.1. The molecule has 0 aliphatic carbocycles. The Labute approximate surface area is 156 Å². The van der Waals surface area contributed by atoms with Crippen molar-refractivity contribution in [2.24, 2.45) is 0 Å². The average Bonchev–Trinajstić information content (AvgIpc) is 2.69. The Balaban J connectivity index is 1.77. The molecule has 3 aromatic rings. The molecule has 1 N–H and O–H groups in total. The molecule has 1 heterocycles. The Morgan fingerprint density at radius 1 is 0.926 bits per heavy atom. The van der Waals surface area contributed by atoms with E-state index in [1.807, 2.05) is 42.5 Å². The van der Waals surface area contributed by atoms with Gasteiger partial charge in [0.05, 0.1) is 6.54 Å². The van der Waals surface area contributed by atoms with Crippen molar-refractivity contribution in [3.8, 4) is 0 Å². The van der Waals surface area contributed by atoms with Gasteiger partial charge in [0.15, 0.2) is 0 Å². The molecule has 0 aliphatic heterocycles. The molecule has 27 heavy (non-hydrogen) atoms. The first-order valence-electron chi connectivity index (χ1n) is 8.80. The third-order valence-corrected chi connectivity index (χ3v) is 4.28. The zero-order chi connectivity index (χ0) is 19.2. The zero-order valence-corrected chi connectivity index (χ0v) is 15.1. The highest BCUT2D eigenvalue weighted by Gasteiger charge is 2.10. The summed E-state index contributed by atoms with van der Waals surface area (Å²) in [6, 6.07) is 18.2. The summed E-state index contributed by atoms with van der Waals surface area (Å²) in [5, 5.41) is 2.72. The number of anilines is 1. The van der Waals surface area contributed by atoms with Crippen LogP contribution in [0, 0.1) is 0 Å². The lowest BCUT2D eigenvalue weighted by Crippen LogP contribution is -2.41. The molecule has 3 rings (SSSR count). The SMILES string of the molecule is CCc1ccc(NC(=O)Cn2c(=O)ccn(Cc3ccccc3)c2=O)cc1. The number of carbonyl (C=O) groups excluding carboxylic acids is 1. The van der Waals surface area contributed by atoms with Crippen molar-refractivity contribution >= 4 is 11.6 Å². The maximum Gasteiger partial charge on any atom is 0.331 e. The molecule has 0 radical (unpaired) electrons. The number of aromatic nitrogens is 2. The summed E-state index contributed by atoms with van der Waals surface area (Å²) >= 11 is 0. The minimum absolute atomic E-state index is 0.331. The van der Waals surface area contributed by atoms with E-state index in [9.17, 15) is 14.4 Å². The van der Waals surface area contributed by atoms with Crippen LogP contribution in [-0.2, 0) is 24.3 Å². The second-order valence-corrected chi connectivity index (χ2v) is 6.23. The number of nitrogens with zero attached hydrogens (tertiary/aromatic N) is 2. The molecule has 1 amide bonds. The number of amides is 1. The van der Waals surface area contributed by atoms with E-state index in [4.69, 9.17) is 0 Å². The van der Waals surface area contributed by atoms with Crippen molar-refractivity contribution in [1.29, 1.82) is 0 Å². The lowest BCUT2D eigenvalue weighted by molar-refractivity contribution is -0.116. The molecule has 6 nitrogen and oxygen atoms in total. The zero-order valence-electron chi connectivity index (χ0n) is 15.1. The number of benzene rings is 2. The molecule has 0 bridgehead atoms. The molecule has 0 unspecified atom stereocenters. The van der Waals surface area contributed by atoms with Crippen molar-refractivity contribution in [3.05, 3.63) is 98.8 Å². The first-order chi connectivity index (χ1) is 13.1. The van der Waals surface area contributed by atoms with Crippen LogP contribution in [0.5, 0.6) is 0 Å². The van der Waals surface area contributed by atoms with Crippen LogP contribution >= 0.6 is 0 Å². The number of carbonyl (C=O) groups is 1. The van der Waals surface area contributed by atoms with E-state index in [2.05, 4.69) is 12.2 Å². The maximum absolute atomic E-state index is 12.6. The monoisotopic (exact) mass is 363 g/mol. The van der Waals surface area contributed by atoms with Gasteiger partial charge in [0.25, 0.3) is 5.56 Å². The summed E-state index contributed by atoms with van der Waals surface area (Å²) in [7, 11) is 0. The highest BCUT2D eigenvalue weighted by atomic mass is 16.2. The van der Waals surface area contributed by atoms with E-state index in [1.165, 1.54) is 16.8 Å². The molecule has 2 aromatic carbocycles. The fraction of sp³-hybridized carbons (Fsp3) is 0.190. The van der Waals surface area contributed by atoms with E-state index >= 15 is 0 Å². The molecule has 0 saturated carbocycles. The summed E-state index contributed by atoms with van der Waals surface area (Å²) in [5.41, 5.74) is 1.72. The van der Waals surface area contributed by atoms with Crippen LogP contribution in [0.15, 0.2) is 76.4 Å². The quantitative estimate of drug-likeness (QED) is 0.730. The highest BCUT2D eigenvalue weighted by molar-refractivity contribution is 5.90. The van der Waals surface area contributed by atoms with Crippen molar-refractivity contribution in [3.63, 3.8) is 0 Å². The summed E-state index contributed by atoms with van der Waals surface area (Å²) in [5.74, 6) is -0.420. The number of aryl methyl sites for hydroxylation is 1. The van der Waals surface area contributed by atoms with Crippen LogP contribution in [0.2, 0.25) is 0 Å². The van der Waals surface area contributed by atoms with E-state index < -0.39 is 17.2 Å². The standard InChI is InChI=1S/C21H21N3O3/c1-2-16-8-10-18(11-9-16)22-19(25)15-24-20(26)12-13-23(21(24)27)14-17-6-4-3-5-7-17/h3-13H,2,14-15H2,1H3,(H,22,25). The fourth-order valence-corrected chi connectivity index (χ4v) is 2.77. The van der Waals surface area contributed by atoms with Gasteiger partial charge in [-0.25, -0.2) is 4.79 Å². The lowest BCUT2D eigenvalue weighted by Gasteiger charge is -2.10. The molecule has 0 spiro atoms. The van der Waals surface area contributed by atoms with Crippen molar-refractivity contribution in [2.75, 3.05) is 5.32 Å². The average molecular weight is 363 g/mol. The largest absolute Gasteiger partial charge is 0.331 e. The minimum atomic E-state index is -0.511. The number of nitrogens with one attached hydrogen (secondary N) is 1. The fourth-order valence-electron chi connectivity index (χ4n) is 2.77. The topological polar surface area (TPSA) is 73.1 Å². The molecular formula is C21H21N3O3.